The van der Waals surface area contributed by atoms with Gasteiger partial charge in [0, 0.05) is 57.9 Å². The Balaban J connectivity index is 0.00000341. The summed E-state index contributed by atoms with van der Waals surface area (Å²) in [7, 11) is 5.81. The van der Waals surface area contributed by atoms with Crippen molar-refractivity contribution < 1.29 is 4.74 Å². The number of likely N-dealkylation sites (N-methyl/N-ethyl adjacent to an activating group) is 1. The van der Waals surface area contributed by atoms with E-state index in [9.17, 15) is 0 Å². The summed E-state index contributed by atoms with van der Waals surface area (Å²) in [5.41, 5.74) is 1.25. The molecule has 31 heavy (non-hydrogen) atoms. The lowest BCUT2D eigenvalue weighted by atomic mass is 10.0. The lowest BCUT2D eigenvalue weighted by Crippen LogP contribution is -2.52. The number of para-hydroxylation sites is 1. The predicted octanol–water partition coefficient (Wildman–Crippen LogP) is 2.25. The number of benzene rings is 1. The zero-order valence-corrected chi connectivity index (χ0v) is 22.0. The van der Waals surface area contributed by atoms with Crippen molar-refractivity contribution in [1.82, 2.24) is 25.3 Å². The van der Waals surface area contributed by atoms with E-state index in [-0.39, 0.29) is 30.0 Å². The lowest BCUT2D eigenvalue weighted by Gasteiger charge is -2.36. The van der Waals surface area contributed by atoms with Crippen LogP contribution in [0.15, 0.2) is 29.3 Å². The first-order valence-electron chi connectivity index (χ1n) is 11.4. The molecule has 7 nitrogen and oxygen atoms in total. The van der Waals surface area contributed by atoms with Gasteiger partial charge in [0.25, 0.3) is 0 Å². The zero-order valence-electron chi connectivity index (χ0n) is 19.6. The molecule has 2 aliphatic heterocycles. The topological polar surface area (TPSA) is 55.4 Å². The third-order valence-corrected chi connectivity index (χ3v) is 6.49. The SMILES string of the molecule is CN=C(NCC(C)N1CCN(C)CC1)NCC(c1ccccc1OC)N1CCCC1.I. The average Bonchev–Trinajstić information content (AvgIpc) is 3.31. The summed E-state index contributed by atoms with van der Waals surface area (Å²) >= 11 is 0. The molecule has 2 atom stereocenters. The molecule has 2 aliphatic rings. The monoisotopic (exact) mass is 544 g/mol. The average molecular weight is 545 g/mol. The summed E-state index contributed by atoms with van der Waals surface area (Å²) in [4.78, 5) is 12.0. The Hall–Kier alpha value is -1.10. The second kappa shape index (κ2) is 13.4. The summed E-state index contributed by atoms with van der Waals surface area (Å²) in [5, 5.41) is 7.11. The van der Waals surface area contributed by atoms with E-state index in [0.29, 0.717) is 6.04 Å². The fourth-order valence-corrected chi connectivity index (χ4v) is 4.48. The van der Waals surface area contributed by atoms with E-state index in [1.165, 1.54) is 18.4 Å². The molecule has 0 radical (unpaired) electrons. The standard InChI is InChI=1S/C23H40N6O.HI/c1-19(28-15-13-27(3)14-16-28)17-25-23(24-2)26-18-21(29-11-7-8-12-29)20-9-5-6-10-22(20)30-4;/h5-6,9-10,19,21H,7-8,11-18H2,1-4H3,(H2,24,25,26);1H. The molecule has 2 fully saturated rings. The van der Waals surface area contributed by atoms with Gasteiger partial charge in [-0.2, -0.15) is 0 Å². The van der Waals surface area contributed by atoms with Crippen LogP contribution in [0, 0.1) is 0 Å². The first kappa shape index (κ1) is 26.2. The molecular formula is C23H41IN6O. The quantitative estimate of drug-likeness (QED) is 0.298. The van der Waals surface area contributed by atoms with Gasteiger partial charge in [-0.15, -0.1) is 24.0 Å². The van der Waals surface area contributed by atoms with E-state index >= 15 is 0 Å². The molecule has 0 aliphatic carbocycles. The number of piperazine rings is 1. The molecular weight excluding hydrogens is 503 g/mol. The van der Waals surface area contributed by atoms with Crippen LogP contribution >= 0.6 is 24.0 Å². The summed E-state index contributed by atoms with van der Waals surface area (Å²) in [6.45, 7) is 10.8. The summed E-state index contributed by atoms with van der Waals surface area (Å²) in [5.74, 6) is 1.83. The number of ether oxygens (including phenoxy) is 1. The van der Waals surface area contributed by atoms with Crippen molar-refractivity contribution in [3.63, 3.8) is 0 Å². The highest BCUT2D eigenvalue weighted by Gasteiger charge is 2.26. The highest BCUT2D eigenvalue weighted by Crippen LogP contribution is 2.31. The van der Waals surface area contributed by atoms with Crippen molar-refractivity contribution in [2.45, 2.75) is 31.8 Å². The molecule has 0 aromatic heterocycles. The Morgan fingerprint density at radius 2 is 1.65 bits per heavy atom. The van der Waals surface area contributed by atoms with Crippen LogP contribution in [-0.4, -0.2) is 100 Å². The van der Waals surface area contributed by atoms with E-state index in [1.807, 2.05) is 13.1 Å². The Bertz CT molecular complexity index is 674. The number of methoxy groups -OCH3 is 1. The number of aliphatic imine (C=N–C) groups is 1. The molecule has 0 bridgehead atoms. The van der Waals surface area contributed by atoms with Gasteiger partial charge in [-0.3, -0.25) is 14.8 Å². The lowest BCUT2D eigenvalue weighted by molar-refractivity contribution is 0.120. The van der Waals surface area contributed by atoms with Gasteiger partial charge in [-0.05, 0) is 46.0 Å². The van der Waals surface area contributed by atoms with Gasteiger partial charge < -0.3 is 20.3 Å². The minimum absolute atomic E-state index is 0. The van der Waals surface area contributed by atoms with E-state index in [2.05, 4.69) is 62.5 Å². The van der Waals surface area contributed by atoms with Crippen LogP contribution in [0.3, 0.4) is 0 Å². The number of nitrogens with one attached hydrogen (secondary N) is 2. The third kappa shape index (κ3) is 7.47. The van der Waals surface area contributed by atoms with Gasteiger partial charge in [0.05, 0.1) is 13.2 Å². The number of hydrogen-bond donors (Lipinski definition) is 2. The summed E-state index contributed by atoms with van der Waals surface area (Å²) < 4.78 is 5.66. The van der Waals surface area contributed by atoms with Crippen molar-refractivity contribution in [3.05, 3.63) is 29.8 Å². The number of rotatable bonds is 8. The molecule has 2 heterocycles. The molecule has 2 unspecified atom stereocenters. The highest BCUT2D eigenvalue weighted by atomic mass is 127. The molecule has 0 amide bonds. The minimum atomic E-state index is 0. The van der Waals surface area contributed by atoms with Gasteiger partial charge >= 0.3 is 0 Å². The van der Waals surface area contributed by atoms with Crippen molar-refractivity contribution in [3.8, 4) is 5.75 Å². The first-order chi connectivity index (χ1) is 14.6. The van der Waals surface area contributed by atoms with Crippen molar-refractivity contribution in [2.24, 2.45) is 4.99 Å². The maximum atomic E-state index is 5.66. The van der Waals surface area contributed by atoms with Crippen LogP contribution in [0.25, 0.3) is 0 Å². The maximum absolute atomic E-state index is 5.66. The molecule has 0 saturated carbocycles. The maximum Gasteiger partial charge on any atom is 0.191 e. The molecule has 2 saturated heterocycles. The molecule has 0 spiro atoms. The predicted molar refractivity (Wildman–Crippen MR) is 140 cm³/mol. The van der Waals surface area contributed by atoms with Gasteiger partial charge in [0.2, 0.25) is 0 Å². The number of guanidine groups is 1. The van der Waals surface area contributed by atoms with Crippen molar-refractivity contribution in [1.29, 1.82) is 0 Å². The normalized spacial score (nSPS) is 20.7. The fraction of sp³-hybridized carbons (Fsp3) is 0.696. The fourth-order valence-electron chi connectivity index (χ4n) is 4.48. The molecule has 3 rings (SSSR count). The van der Waals surface area contributed by atoms with E-state index in [1.54, 1.807) is 7.11 Å². The number of hydrogen-bond acceptors (Lipinski definition) is 5. The van der Waals surface area contributed by atoms with Crippen LogP contribution in [-0.2, 0) is 0 Å². The zero-order chi connectivity index (χ0) is 21.3. The number of nitrogens with zero attached hydrogens (tertiary/aromatic N) is 4. The first-order valence-corrected chi connectivity index (χ1v) is 11.4. The van der Waals surface area contributed by atoms with Crippen LogP contribution in [0.4, 0.5) is 0 Å². The molecule has 1 aromatic carbocycles. The Kier molecular flexibility index (Phi) is 11.3. The van der Waals surface area contributed by atoms with Crippen LogP contribution in [0.5, 0.6) is 5.75 Å². The smallest absolute Gasteiger partial charge is 0.191 e. The second-order valence-electron chi connectivity index (χ2n) is 8.52. The van der Waals surface area contributed by atoms with Crippen LogP contribution in [0.2, 0.25) is 0 Å². The second-order valence-corrected chi connectivity index (χ2v) is 8.52. The van der Waals surface area contributed by atoms with E-state index in [0.717, 1.165) is 64.1 Å². The van der Waals surface area contributed by atoms with Crippen LogP contribution < -0.4 is 15.4 Å². The Morgan fingerprint density at radius 1 is 1.00 bits per heavy atom. The highest BCUT2D eigenvalue weighted by molar-refractivity contribution is 14.0. The van der Waals surface area contributed by atoms with Gasteiger partial charge in [-0.1, -0.05) is 18.2 Å². The number of likely N-dealkylation sites (tertiary alicyclic amines) is 1. The van der Waals surface area contributed by atoms with E-state index < -0.39 is 0 Å². The summed E-state index contributed by atoms with van der Waals surface area (Å²) in [6, 6.07) is 9.15. The van der Waals surface area contributed by atoms with Crippen molar-refractivity contribution >= 4 is 29.9 Å². The van der Waals surface area contributed by atoms with Gasteiger partial charge in [0.15, 0.2) is 5.96 Å². The minimum Gasteiger partial charge on any atom is -0.496 e. The molecule has 1 aromatic rings. The molecule has 2 N–H and O–H groups in total. The van der Waals surface area contributed by atoms with Gasteiger partial charge in [-0.25, -0.2) is 0 Å². The Labute approximate surface area is 205 Å². The summed E-state index contributed by atoms with van der Waals surface area (Å²) in [6.07, 6.45) is 2.53. The van der Waals surface area contributed by atoms with Gasteiger partial charge in [0.1, 0.15) is 5.75 Å². The molecule has 176 valence electrons. The Morgan fingerprint density at radius 3 is 2.29 bits per heavy atom. The number of halogens is 1. The van der Waals surface area contributed by atoms with Crippen molar-refractivity contribution in [2.75, 3.05) is 73.6 Å². The largest absolute Gasteiger partial charge is 0.496 e. The van der Waals surface area contributed by atoms with Crippen LogP contribution in [0.1, 0.15) is 31.4 Å². The molecule has 8 heteroatoms. The van der Waals surface area contributed by atoms with E-state index in [4.69, 9.17) is 4.74 Å². The third-order valence-electron chi connectivity index (χ3n) is 6.49.